The van der Waals surface area contributed by atoms with Crippen LogP contribution in [0.3, 0.4) is 0 Å². The van der Waals surface area contributed by atoms with Gasteiger partial charge in [0, 0.05) is 6.54 Å². The second-order valence-corrected chi connectivity index (χ2v) is 8.26. The number of carbonyl (C=O) groups excluding carboxylic acids is 1. The van der Waals surface area contributed by atoms with Crippen molar-refractivity contribution in [2.45, 2.75) is 69.1 Å². The molecule has 2 aliphatic rings. The van der Waals surface area contributed by atoms with Crippen molar-refractivity contribution < 1.29 is 19.0 Å². The molecule has 0 aromatic heterocycles. The molecular weight excluding hydrogens is 350 g/mol. The SMILES string of the molecule is CC(C)(C)OC(=O)N1CC(Br)C(OCCOC2CCCC2)C1. The molecule has 0 aromatic carbocycles. The lowest BCUT2D eigenvalue weighted by molar-refractivity contribution is -0.0171. The molecule has 0 bridgehead atoms. The number of nitrogens with zero attached hydrogens (tertiary/aromatic N) is 1. The van der Waals surface area contributed by atoms with Crippen molar-refractivity contribution >= 4 is 22.0 Å². The minimum Gasteiger partial charge on any atom is -0.444 e. The number of hydrogen-bond donors (Lipinski definition) is 0. The molecule has 6 heteroatoms. The number of hydrogen-bond acceptors (Lipinski definition) is 4. The van der Waals surface area contributed by atoms with E-state index in [0.717, 1.165) is 0 Å². The van der Waals surface area contributed by atoms with Crippen molar-refractivity contribution in [3.05, 3.63) is 0 Å². The molecule has 0 aromatic rings. The predicted molar refractivity (Wildman–Crippen MR) is 88.5 cm³/mol. The third kappa shape index (κ3) is 5.70. The maximum atomic E-state index is 12.1. The van der Waals surface area contributed by atoms with E-state index >= 15 is 0 Å². The number of likely N-dealkylation sites (tertiary alicyclic amines) is 1. The Morgan fingerprint density at radius 2 is 1.77 bits per heavy atom. The van der Waals surface area contributed by atoms with Gasteiger partial charge >= 0.3 is 6.09 Å². The van der Waals surface area contributed by atoms with E-state index in [-0.39, 0.29) is 17.0 Å². The molecule has 5 nitrogen and oxygen atoms in total. The molecule has 2 fully saturated rings. The van der Waals surface area contributed by atoms with E-state index in [4.69, 9.17) is 14.2 Å². The van der Waals surface area contributed by atoms with Crippen molar-refractivity contribution in [2.75, 3.05) is 26.3 Å². The van der Waals surface area contributed by atoms with E-state index in [2.05, 4.69) is 15.9 Å². The molecule has 22 heavy (non-hydrogen) atoms. The zero-order valence-electron chi connectivity index (χ0n) is 13.8. The summed E-state index contributed by atoms with van der Waals surface area (Å²) in [6.07, 6.45) is 5.06. The van der Waals surface area contributed by atoms with Crippen molar-refractivity contribution in [1.82, 2.24) is 4.90 Å². The number of rotatable bonds is 5. The van der Waals surface area contributed by atoms with Crippen LogP contribution >= 0.6 is 15.9 Å². The minimum atomic E-state index is -0.465. The van der Waals surface area contributed by atoms with Crippen LogP contribution in [0.15, 0.2) is 0 Å². The zero-order chi connectivity index (χ0) is 16.2. The van der Waals surface area contributed by atoms with E-state index in [1.807, 2.05) is 20.8 Å². The lowest BCUT2D eigenvalue weighted by Gasteiger charge is -2.24. The van der Waals surface area contributed by atoms with Crippen LogP contribution < -0.4 is 0 Å². The summed E-state index contributed by atoms with van der Waals surface area (Å²) >= 11 is 3.60. The molecular formula is C16H28BrNO4. The fourth-order valence-corrected chi connectivity index (χ4v) is 3.51. The highest BCUT2D eigenvalue weighted by atomic mass is 79.9. The van der Waals surface area contributed by atoms with Gasteiger partial charge in [-0.15, -0.1) is 0 Å². The van der Waals surface area contributed by atoms with Gasteiger partial charge in [0.15, 0.2) is 0 Å². The van der Waals surface area contributed by atoms with Crippen molar-refractivity contribution in [1.29, 1.82) is 0 Å². The standard InChI is InChI=1S/C16H28BrNO4/c1-16(2,3)22-15(19)18-10-13(17)14(11-18)21-9-8-20-12-6-4-5-7-12/h12-14H,4-11H2,1-3H3. The average Bonchev–Trinajstić information content (AvgIpc) is 3.03. The lowest BCUT2D eigenvalue weighted by atomic mass is 10.2. The maximum Gasteiger partial charge on any atom is 0.410 e. The first kappa shape index (κ1) is 18.0. The van der Waals surface area contributed by atoms with E-state index < -0.39 is 5.60 Å². The van der Waals surface area contributed by atoms with Crippen LogP contribution in [0.25, 0.3) is 0 Å². The first-order valence-electron chi connectivity index (χ1n) is 8.20. The summed E-state index contributed by atoms with van der Waals surface area (Å²) in [5, 5.41) is 0. The fourth-order valence-electron chi connectivity index (χ4n) is 2.84. The number of ether oxygens (including phenoxy) is 3. The molecule has 2 unspecified atom stereocenters. The summed E-state index contributed by atoms with van der Waals surface area (Å²) in [6.45, 7) is 8.01. The van der Waals surface area contributed by atoms with E-state index in [9.17, 15) is 4.79 Å². The monoisotopic (exact) mass is 377 g/mol. The Morgan fingerprint density at radius 1 is 1.14 bits per heavy atom. The zero-order valence-corrected chi connectivity index (χ0v) is 15.4. The Bertz CT molecular complexity index is 366. The Labute approximate surface area is 141 Å². The molecule has 2 atom stereocenters. The predicted octanol–water partition coefficient (Wildman–Crippen LogP) is 3.35. The third-order valence-electron chi connectivity index (χ3n) is 3.92. The lowest BCUT2D eigenvalue weighted by Crippen LogP contribution is -2.36. The molecule has 2 rings (SSSR count). The third-order valence-corrected chi connectivity index (χ3v) is 4.80. The van der Waals surface area contributed by atoms with Crippen molar-refractivity contribution in [3.8, 4) is 0 Å². The van der Waals surface area contributed by atoms with Crippen molar-refractivity contribution in [3.63, 3.8) is 0 Å². The second-order valence-electron chi connectivity index (χ2n) is 7.09. The number of halogens is 1. The van der Waals surface area contributed by atoms with Crippen LogP contribution in [-0.4, -0.2) is 59.9 Å². The van der Waals surface area contributed by atoms with Gasteiger partial charge in [-0.2, -0.15) is 0 Å². The Kier molecular flexibility index (Phi) is 6.53. The summed E-state index contributed by atoms with van der Waals surface area (Å²) in [7, 11) is 0. The van der Waals surface area contributed by atoms with E-state index in [1.165, 1.54) is 25.7 Å². The molecule has 1 saturated carbocycles. The van der Waals surface area contributed by atoms with Crippen LogP contribution in [0.5, 0.6) is 0 Å². The van der Waals surface area contributed by atoms with Gasteiger partial charge in [-0.3, -0.25) is 0 Å². The Hall–Kier alpha value is -0.330. The molecule has 1 aliphatic carbocycles. The van der Waals surface area contributed by atoms with Gasteiger partial charge < -0.3 is 19.1 Å². The van der Waals surface area contributed by atoms with Gasteiger partial charge in [-0.25, -0.2) is 4.79 Å². The summed E-state index contributed by atoms with van der Waals surface area (Å²) < 4.78 is 17.1. The summed E-state index contributed by atoms with van der Waals surface area (Å²) in [4.78, 5) is 13.9. The molecule has 0 spiro atoms. The van der Waals surface area contributed by atoms with Gasteiger partial charge in [0.25, 0.3) is 0 Å². The van der Waals surface area contributed by atoms with Gasteiger partial charge in [-0.1, -0.05) is 28.8 Å². The summed E-state index contributed by atoms with van der Waals surface area (Å²) in [6, 6.07) is 0. The second kappa shape index (κ2) is 7.97. The topological polar surface area (TPSA) is 48.0 Å². The smallest absolute Gasteiger partial charge is 0.410 e. The van der Waals surface area contributed by atoms with E-state index in [0.29, 0.717) is 32.4 Å². The van der Waals surface area contributed by atoms with Gasteiger partial charge in [0.1, 0.15) is 5.60 Å². The minimum absolute atomic E-state index is 0.000281. The summed E-state index contributed by atoms with van der Waals surface area (Å²) in [5.41, 5.74) is -0.465. The first-order chi connectivity index (χ1) is 10.3. The number of alkyl halides is 1. The molecule has 1 aliphatic heterocycles. The molecule has 128 valence electrons. The molecule has 1 amide bonds. The largest absolute Gasteiger partial charge is 0.444 e. The average molecular weight is 378 g/mol. The van der Waals surface area contributed by atoms with Crippen molar-refractivity contribution in [2.24, 2.45) is 0 Å². The number of amides is 1. The number of carbonyl (C=O) groups is 1. The summed E-state index contributed by atoms with van der Waals surface area (Å²) in [5.74, 6) is 0. The fraction of sp³-hybridized carbons (Fsp3) is 0.938. The molecule has 1 heterocycles. The highest BCUT2D eigenvalue weighted by molar-refractivity contribution is 9.09. The van der Waals surface area contributed by atoms with Crippen LogP contribution in [0.1, 0.15) is 46.5 Å². The Morgan fingerprint density at radius 3 is 2.41 bits per heavy atom. The highest BCUT2D eigenvalue weighted by Gasteiger charge is 2.36. The van der Waals surface area contributed by atoms with Gasteiger partial charge in [0.2, 0.25) is 0 Å². The van der Waals surface area contributed by atoms with Crippen LogP contribution in [0.2, 0.25) is 0 Å². The highest BCUT2D eigenvalue weighted by Crippen LogP contribution is 2.23. The maximum absolute atomic E-state index is 12.1. The van der Waals surface area contributed by atoms with Crippen LogP contribution in [-0.2, 0) is 14.2 Å². The Balaban J connectivity index is 1.66. The van der Waals surface area contributed by atoms with Crippen LogP contribution in [0.4, 0.5) is 4.79 Å². The van der Waals surface area contributed by atoms with Crippen LogP contribution in [0, 0.1) is 0 Å². The molecule has 1 saturated heterocycles. The molecule has 0 N–H and O–H groups in total. The van der Waals surface area contributed by atoms with Gasteiger partial charge in [0.05, 0.1) is 36.8 Å². The van der Waals surface area contributed by atoms with Gasteiger partial charge in [-0.05, 0) is 33.6 Å². The van der Waals surface area contributed by atoms with E-state index in [1.54, 1.807) is 4.90 Å². The first-order valence-corrected chi connectivity index (χ1v) is 9.12. The quantitative estimate of drug-likeness (QED) is 0.544. The normalized spacial score (nSPS) is 26.6. The molecule has 0 radical (unpaired) electrons.